The van der Waals surface area contributed by atoms with Gasteiger partial charge in [0, 0.05) is 20.8 Å². The molecule has 2 nitrogen and oxygen atoms in total. The number of H-pyrrole nitrogens is 1. The molecule has 0 saturated heterocycles. The lowest BCUT2D eigenvalue weighted by Crippen LogP contribution is -2.03. The number of fused-ring (bicyclic) bond motifs is 2. The molecule has 1 N–H and O–H groups in total. The minimum Gasteiger partial charge on any atom is -0.354 e. The zero-order chi connectivity index (χ0) is 12.0. The van der Waals surface area contributed by atoms with E-state index < -0.39 is 0 Å². The number of pyridine rings is 1. The molecule has 84 valence electrons. The van der Waals surface area contributed by atoms with E-state index in [0.717, 1.165) is 11.0 Å². The molecule has 0 unspecified atom stereocenters. The third kappa shape index (κ3) is 1.70. The van der Waals surface area contributed by atoms with Gasteiger partial charge in [-0.1, -0.05) is 23.2 Å². The van der Waals surface area contributed by atoms with Gasteiger partial charge in [-0.05, 0) is 36.4 Å². The second kappa shape index (κ2) is 3.76. The third-order valence-electron chi connectivity index (χ3n) is 2.72. The monoisotopic (exact) mass is 263 g/mol. The molecule has 2 aromatic carbocycles. The van der Waals surface area contributed by atoms with Crippen molar-refractivity contribution < 1.29 is 0 Å². The molecule has 0 fully saturated rings. The highest BCUT2D eigenvalue weighted by Gasteiger charge is 2.05. The van der Waals surface area contributed by atoms with Crippen molar-refractivity contribution in [1.29, 1.82) is 0 Å². The maximum absolute atomic E-state index is 12.2. The van der Waals surface area contributed by atoms with Crippen molar-refractivity contribution in [2.75, 3.05) is 0 Å². The molecule has 3 rings (SSSR count). The van der Waals surface area contributed by atoms with Gasteiger partial charge in [0.05, 0.1) is 11.0 Å². The first-order valence-corrected chi connectivity index (χ1v) is 5.81. The maximum Gasteiger partial charge on any atom is 0.197 e. The lowest BCUT2D eigenvalue weighted by molar-refractivity contribution is 1.48. The Hall–Kier alpha value is -1.51. The molecule has 0 atom stereocenters. The molecular formula is C13H7Cl2NO. The average molecular weight is 264 g/mol. The number of aromatic nitrogens is 1. The van der Waals surface area contributed by atoms with Crippen molar-refractivity contribution in [2.24, 2.45) is 0 Å². The van der Waals surface area contributed by atoms with Crippen molar-refractivity contribution in [3.8, 4) is 0 Å². The van der Waals surface area contributed by atoms with Gasteiger partial charge in [0.25, 0.3) is 0 Å². The number of aromatic amines is 1. The van der Waals surface area contributed by atoms with Gasteiger partial charge in [-0.3, -0.25) is 4.79 Å². The quantitative estimate of drug-likeness (QED) is 0.612. The van der Waals surface area contributed by atoms with E-state index in [1.807, 2.05) is 0 Å². The average Bonchev–Trinajstić information content (AvgIpc) is 2.28. The first-order chi connectivity index (χ1) is 8.15. The fourth-order valence-electron chi connectivity index (χ4n) is 1.93. The summed E-state index contributed by atoms with van der Waals surface area (Å²) in [5, 5.41) is 2.44. The summed E-state index contributed by atoms with van der Waals surface area (Å²) in [7, 11) is 0. The summed E-state index contributed by atoms with van der Waals surface area (Å²) in [6.45, 7) is 0. The summed E-state index contributed by atoms with van der Waals surface area (Å²) in [4.78, 5) is 15.4. The van der Waals surface area contributed by atoms with Gasteiger partial charge in [-0.15, -0.1) is 0 Å². The van der Waals surface area contributed by atoms with Crippen LogP contribution in [0.3, 0.4) is 0 Å². The van der Waals surface area contributed by atoms with E-state index in [1.165, 1.54) is 0 Å². The lowest BCUT2D eigenvalue weighted by atomic mass is 10.1. The molecule has 0 aliphatic rings. The fourth-order valence-corrected chi connectivity index (χ4v) is 2.27. The normalized spacial score (nSPS) is 11.2. The largest absolute Gasteiger partial charge is 0.354 e. The second-order valence-electron chi connectivity index (χ2n) is 3.83. The van der Waals surface area contributed by atoms with Gasteiger partial charge in [0.1, 0.15) is 0 Å². The molecule has 4 heteroatoms. The van der Waals surface area contributed by atoms with Gasteiger partial charge in [0.2, 0.25) is 0 Å². The maximum atomic E-state index is 12.2. The van der Waals surface area contributed by atoms with Gasteiger partial charge >= 0.3 is 0 Å². The van der Waals surface area contributed by atoms with Crippen LogP contribution in [0.15, 0.2) is 41.2 Å². The van der Waals surface area contributed by atoms with Crippen LogP contribution < -0.4 is 5.43 Å². The Labute approximate surface area is 107 Å². The molecule has 3 aromatic rings. The Morgan fingerprint density at radius 2 is 1.29 bits per heavy atom. The topological polar surface area (TPSA) is 32.9 Å². The van der Waals surface area contributed by atoms with Crippen molar-refractivity contribution in [3.63, 3.8) is 0 Å². The fraction of sp³-hybridized carbons (Fsp3) is 0. The second-order valence-corrected chi connectivity index (χ2v) is 4.71. The van der Waals surface area contributed by atoms with Crippen molar-refractivity contribution in [1.82, 2.24) is 4.98 Å². The van der Waals surface area contributed by atoms with E-state index >= 15 is 0 Å². The molecule has 0 aliphatic heterocycles. The summed E-state index contributed by atoms with van der Waals surface area (Å²) in [6.07, 6.45) is 0. The highest BCUT2D eigenvalue weighted by atomic mass is 35.5. The highest BCUT2D eigenvalue weighted by Crippen LogP contribution is 2.20. The predicted molar refractivity (Wildman–Crippen MR) is 72.1 cm³/mol. The predicted octanol–water partition coefficient (Wildman–Crippen LogP) is 3.99. The summed E-state index contributed by atoms with van der Waals surface area (Å²) in [5.74, 6) is 0. The van der Waals surface area contributed by atoms with Crippen LogP contribution in [0, 0.1) is 0 Å². The number of halogens is 2. The molecule has 0 saturated carbocycles. The Kier molecular flexibility index (Phi) is 2.35. The Morgan fingerprint density at radius 1 is 0.824 bits per heavy atom. The van der Waals surface area contributed by atoms with Crippen molar-refractivity contribution in [3.05, 3.63) is 56.7 Å². The smallest absolute Gasteiger partial charge is 0.197 e. The van der Waals surface area contributed by atoms with Crippen molar-refractivity contribution in [2.45, 2.75) is 0 Å². The number of hydrogen-bond acceptors (Lipinski definition) is 1. The standard InChI is InChI=1S/C13H7Cl2NO/c14-7-1-3-9-11(5-7)16-12-6-8(15)2-4-10(12)13(9)17/h1-6H,(H,16,17). The molecule has 0 spiro atoms. The summed E-state index contributed by atoms with van der Waals surface area (Å²) in [5.41, 5.74) is 1.43. The molecule has 1 aromatic heterocycles. The molecule has 0 radical (unpaired) electrons. The Morgan fingerprint density at radius 3 is 1.76 bits per heavy atom. The van der Waals surface area contributed by atoms with Crippen LogP contribution in [0.5, 0.6) is 0 Å². The SMILES string of the molecule is O=c1c2ccc(Cl)cc2[nH]c2cc(Cl)ccc12. The van der Waals surface area contributed by atoms with Gasteiger partial charge in [0.15, 0.2) is 5.43 Å². The first kappa shape index (κ1) is 10.6. The summed E-state index contributed by atoms with van der Waals surface area (Å²) in [6, 6.07) is 10.3. The number of rotatable bonds is 0. The molecule has 17 heavy (non-hydrogen) atoms. The van der Waals surface area contributed by atoms with Crippen LogP contribution in [0.25, 0.3) is 21.8 Å². The van der Waals surface area contributed by atoms with Gasteiger partial charge < -0.3 is 4.98 Å². The van der Waals surface area contributed by atoms with Gasteiger partial charge in [-0.2, -0.15) is 0 Å². The molecule has 0 amide bonds. The third-order valence-corrected chi connectivity index (χ3v) is 3.19. The van der Waals surface area contributed by atoms with Crippen LogP contribution in [-0.2, 0) is 0 Å². The number of hydrogen-bond donors (Lipinski definition) is 1. The van der Waals surface area contributed by atoms with E-state index in [1.54, 1.807) is 36.4 Å². The van der Waals surface area contributed by atoms with E-state index in [4.69, 9.17) is 23.2 Å². The van der Waals surface area contributed by atoms with Crippen LogP contribution in [-0.4, -0.2) is 4.98 Å². The number of benzene rings is 2. The van der Waals surface area contributed by atoms with E-state index in [9.17, 15) is 4.79 Å². The highest BCUT2D eigenvalue weighted by molar-refractivity contribution is 6.31. The first-order valence-electron chi connectivity index (χ1n) is 5.06. The van der Waals surface area contributed by atoms with E-state index in [0.29, 0.717) is 20.8 Å². The Bertz CT molecular complexity index is 729. The van der Waals surface area contributed by atoms with E-state index in [2.05, 4.69) is 4.98 Å². The van der Waals surface area contributed by atoms with Gasteiger partial charge in [-0.25, -0.2) is 0 Å². The molecule has 0 aliphatic carbocycles. The minimum atomic E-state index is -0.0120. The van der Waals surface area contributed by atoms with Crippen molar-refractivity contribution >= 4 is 45.0 Å². The van der Waals surface area contributed by atoms with E-state index in [-0.39, 0.29) is 5.43 Å². The molecule has 0 bridgehead atoms. The van der Waals surface area contributed by atoms with Crippen LogP contribution in [0.1, 0.15) is 0 Å². The van der Waals surface area contributed by atoms with Crippen LogP contribution in [0.4, 0.5) is 0 Å². The minimum absolute atomic E-state index is 0.0120. The molecule has 1 heterocycles. The summed E-state index contributed by atoms with van der Waals surface area (Å²) >= 11 is 11.8. The number of nitrogens with one attached hydrogen (secondary N) is 1. The zero-order valence-corrected chi connectivity index (χ0v) is 10.1. The molecular weight excluding hydrogens is 257 g/mol. The zero-order valence-electron chi connectivity index (χ0n) is 8.63. The Balaban J connectivity index is 2.57. The van der Waals surface area contributed by atoms with Crippen LogP contribution in [0.2, 0.25) is 10.0 Å². The van der Waals surface area contributed by atoms with Crippen LogP contribution >= 0.6 is 23.2 Å². The lowest BCUT2D eigenvalue weighted by Gasteiger charge is -2.03. The summed E-state index contributed by atoms with van der Waals surface area (Å²) < 4.78 is 0.